The number of nitrogens with two attached hydrogens (primary N) is 1. The lowest BCUT2D eigenvalue weighted by atomic mass is 9.89. The van der Waals surface area contributed by atoms with Crippen molar-refractivity contribution in [3.8, 4) is 5.75 Å². The van der Waals surface area contributed by atoms with Crippen LogP contribution in [0, 0.1) is 5.92 Å². The maximum atomic E-state index is 6.09. The molecule has 100 valence electrons. The van der Waals surface area contributed by atoms with Crippen LogP contribution in [0.15, 0.2) is 24.3 Å². The SMILES string of the molecule is CC(N)Cc1cccc(OC2CCC(C)CC2)c1. The average molecular weight is 247 g/mol. The molecule has 0 spiro atoms. The number of hydrogen-bond donors (Lipinski definition) is 1. The van der Waals surface area contributed by atoms with E-state index >= 15 is 0 Å². The first-order valence-electron chi connectivity index (χ1n) is 7.14. The van der Waals surface area contributed by atoms with Gasteiger partial charge in [0.25, 0.3) is 0 Å². The van der Waals surface area contributed by atoms with Crippen molar-refractivity contribution in [2.75, 3.05) is 0 Å². The number of benzene rings is 1. The van der Waals surface area contributed by atoms with E-state index in [-0.39, 0.29) is 6.04 Å². The van der Waals surface area contributed by atoms with Crippen LogP contribution in [0.1, 0.15) is 45.1 Å². The van der Waals surface area contributed by atoms with Gasteiger partial charge in [-0.25, -0.2) is 0 Å². The summed E-state index contributed by atoms with van der Waals surface area (Å²) in [5.41, 5.74) is 7.10. The zero-order chi connectivity index (χ0) is 13.0. The minimum absolute atomic E-state index is 0.204. The maximum Gasteiger partial charge on any atom is 0.119 e. The van der Waals surface area contributed by atoms with E-state index in [1.165, 1.54) is 31.2 Å². The molecule has 18 heavy (non-hydrogen) atoms. The Balaban J connectivity index is 1.92. The van der Waals surface area contributed by atoms with Crippen LogP contribution in [0.25, 0.3) is 0 Å². The third kappa shape index (κ3) is 4.02. The molecular weight excluding hydrogens is 222 g/mol. The molecule has 1 aromatic rings. The fourth-order valence-electron chi connectivity index (χ4n) is 2.66. The molecule has 2 heteroatoms. The van der Waals surface area contributed by atoms with E-state index in [1.807, 2.05) is 6.92 Å². The highest BCUT2D eigenvalue weighted by Crippen LogP contribution is 2.27. The molecule has 0 bridgehead atoms. The lowest BCUT2D eigenvalue weighted by Gasteiger charge is -2.27. The van der Waals surface area contributed by atoms with Gasteiger partial charge in [0.05, 0.1) is 6.10 Å². The summed E-state index contributed by atoms with van der Waals surface area (Å²) in [5.74, 6) is 1.88. The first kappa shape index (κ1) is 13.4. The smallest absolute Gasteiger partial charge is 0.119 e. The first-order valence-corrected chi connectivity index (χ1v) is 7.14. The Hall–Kier alpha value is -1.02. The van der Waals surface area contributed by atoms with E-state index < -0.39 is 0 Å². The van der Waals surface area contributed by atoms with Gasteiger partial charge in [-0.05, 0) is 62.6 Å². The molecule has 0 radical (unpaired) electrons. The van der Waals surface area contributed by atoms with E-state index in [1.54, 1.807) is 0 Å². The van der Waals surface area contributed by atoms with E-state index in [4.69, 9.17) is 10.5 Å². The Morgan fingerprint density at radius 3 is 2.67 bits per heavy atom. The lowest BCUT2D eigenvalue weighted by Crippen LogP contribution is -2.23. The minimum Gasteiger partial charge on any atom is -0.490 e. The molecule has 1 fully saturated rings. The maximum absolute atomic E-state index is 6.09. The highest BCUT2D eigenvalue weighted by atomic mass is 16.5. The molecule has 1 aliphatic rings. The van der Waals surface area contributed by atoms with Crippen LogP contribution in [0.2, 0.25) is 0 Å². The van der Waals surface area contributed by atoms with E-state index in [0.29, 0.717) is 6.10 Å². The number of rotatable bonds is 4. The third-order valence-corrected chi connectivity index (χ3v) is 3.72. The third-order valence-electron chi connectivity index (χ3n) is 3.72. The van der Waals surface area contributed by atoms with Gasteiger partial charge in [0, 0.05) is 6.04 Å². The quantitative estimate of drug-likeness (QED) is 0.883. The molecule has 0 heterocycles. The largest absolute Gasteiger partial charge is 0.490 e. The highest BCUT2D eigenvalue weighted by molar-refractivity contribution is 5.29. The van der Waals surface area contributed by atoms with Crippen molar-refractivity contribution in [2.45, 2.75) is 58.1 Å². The normalized spacial score (nSPS) is 25.7. The Morgan fingerprint density at radius 2 is 2.00 bits per heavy atom. The highest BCUT2D eigenvalue weighted by Gasteiger charge is 2.19. The summed E-state index contributed by atoms with van der Waals surface area (Å²) in [5, 5.41) is 0. The molecule has 0 amide bonds. The standard InChI is InChI=1S/C16H25NO/c1-12-6-8-15(9-7-12)18-16-5-3-4-14(11-16)10-13(2)17/h3-5,11-13,15H,6-10,17H2,1-2H3. The molecule has 0 aliphatic heterocycles. The van der Waals surface area contributed by atoms with Crippen LogP contribution >= 0.6 is 0 Å². The number of hydrogen-bond acceptors (Lipinski definition) is 2. The Labute approximate surface area is 111 Å². The van der Waals surface area contributed by atoms with Crippen LogP contribution in [-0.4, -0.2) is 12.1 Å². The van der Waals surface area contributed by atoms with Gasteiger partial charge in [-0.3, -0.25) is 0 Å². The second-order valence-corrected chi connectivity index (χ2v) is 5.83. The zero-order valence-electron chi connectivity index (χ0n) is 11.6. The molecule has 1 unspecified atom stereocenters. The van der Waals surface area contributed by atoms with Crippen molar-refractivity contribution in [1.82, 2.24) is 0 Å². The molecule has 2 N–H and O–H groups in total. The summed E-state index contributed by atoms with van der Waals surface area (Å²) in [7, 11) is 0. The second-order valence-electron chi connectivity index (χ2n) is 5.83. The number of ether oxygens (including phenoxy) is 1. The molecule has 1 saturated carbocycles. The van der Waals surface area contributed by atoms with Crippen LogP contribution in [-0.2, 0) is 6.42 Å². The molecule has 2 nitrogen and oxygen atoms in total. The van der Waals surface area contributed by atoms with Crippen molar-refractivity contribution in [3.63, 3.8) is 0 Å². The summed E-state index contributed by atoms with van der Waals surface area (Å²) in [6.45, 7) is 4.37. The lowest BCUT2D eigenvalue weighted by molar-refractivity contribution is 0.135. The van der Waals surface area contributed by atoms with Crippen LogP contribution < -0.4 is 10.5 Å². The predicted octanol–water partition coefficient (Wildman–Crippen LogP) is 3.53. The zero-order valence-corrected chi connectivity index (χ0v) is 11.6. The second kappa shape index (κ2) is 6.24. The van der Waals surface area contributed by atoms with Crippen LogP contribution in [0.3, 0.4) is 0 Å². The molecule has 1 aromatic carbocycles. The first-order chi connectivity index (χ1) is 8.63. The molecular formula is C16H25NO. The van der Waals surface area contributed by atoms with Crippen molar-refractivity contribution in [3.05, 3.63) is 29.8 Å². The van der Waals surface area contributed by atoms with E-state index in [9.17, 15) is 0 Å². The van der Waals surface area contributed by atoms with Gasteiger partial charge in [-0.2, -0.15) is 0 Å². The van der Waals surface area contributed by atoms with Crippen LogP contribution in [0.4, 0.5) is 0 Å². The molecule has 0 saturated heterocycles. The summed E-state index contributed by atoms with van der Waals surface area (Å²) < 4.78 is 6.09. The van der Waals surface area contributed by atoms with Crippen molar-refractivity contribution >= 4 is 0 Å². The fourth-order valence-corrected chi connectivity index (χ4v) is 2.66. The molecule has 0 aromatic heterocycles. The van der Waals surface area contributed by atoms with Gasteiger partial charge < -0.3 is 10.5 Å². The van der Waals surface area contributed by atoms with Crippen molar-refractivity contribution in [2.24, 2.45) is 11.7 Å². The van der Waals surface area contributed by atoms with Gasteiger partial charge in [-0.15, -0.1) is 0 Å². The Bertz CT molecular complexity index is 367. The van der Waals surface area contributed by atoms with Crippen LogP contribution in [0.5, 0.6) is 5.75 Å². The van der Waals surface area contributed by atoms with Crippen molar-refractivity contribution < 1.29 is 4.74 Å². The van der Waals surface area contributed by atoms with Gasteiger partial charge in [-0.1, -0.05) is 19.1 Å². The van der Waals surface area contributed by atoms with Crippen molar-refractivity contribution in [1.29, 1.82) is 0 Å². The summed E-state index contributed by atoms with van der Waals surface area (Å²) in [6, 6.07) is 8.60. The Morgan fingerprint density at radius 1 is 1.28 bits per heavy atom. The molecule has 1 atom stereocenters. The minimum atomic E-state index is 0.204. The van der Waals surface area contributed by atoms with Gasteiger partial charge in [0.15, 0.2) is 0 Å². The van der Waals surface area contributed by atoms with Gasteiger partial charge in [0.2, 0.25) is 0 Å². The molecule has 1 aliphatic carbocycles. The topological polar surface area (TPSA) is 35.2 Å². The average Bonchev–Trinajstić information content (AvgIpc) is 2.32. The van der Waals surface area contributed by atoms with E-state index in [0.717, 1.165) is 18.1 Å². The van der Waals surface area contributed by atoms with Gasteiger partial charge >= 0.3 is 0 Å². The fraction of sp³-hybridized carbons (Fsp3) is 0.625. The predicted molar refractivity (Wildman–Crippen MR) is 75.8 cm³/mol. The monoisotopic (exact) mass is 247 g/mol. The summed E-state index contributed by atoms with van der Waals surface area (Å²) in [6.07, 6.45) is 6.30. The summed E-state index contributed by atoms with van der Waals surface area (Å²) in [4.78, 5) is 0. The van der Waals surface area contributed by atoms with E-state index in [2.05, 4.69) is 31.2 Å². The molecule has 2 rings (SSSR count). The summed E-state index contributed by atoms with van der Waals surface area (Å²) >= 11 is 0. The Kier molecular flexibility index (Phi) is 4.65. The van der Waals surface area contributed by atoms with Gasteiger partial charge in [0.1, 0.15) is 5.75 Å².